The molecule has 2 aromatic carbocycles. The topological polar surface area (TPSA) is 66.9 Å². The number of hydrogen-bond acceptors (Lipinski definition) is 4. The van der Waals surface area contributed by atoms with E-state index < -0.39 is 11.3 Å². The Labute approximate surface area is 143 Å². The number of halogens is 1. The van der Waals surface area contributed by atoms with Crippen molar-refractivity contribution in [2.75, 3.05) is 0 Å². The van der Waals surface area contributed by atoms with Gasteiger partial charge in [0, 0.05) is 0 Å². The highest BCUT2D eigenvalue weighted by molar-refractivity contribution is 5.98. The van der Waals surface area contributed by atoms with E-state index in [1.54, 1.807) is 24.3 Å². The first-order valence-corrected chi connectivity index (χ1v) is 8.19. The summed E-state index contributed by atoms with van der Waals surface area (Å²) in [6.45, 7) is 0. The van der Waals surface area contributed by atoms with Gasteiger partial charge in [0.15, 0.2) is 17.3 Å². The molecule has 0 saturated heterocycles. The lowest BCUT2D eigenvalue weighted by molar-refractivity contribution is -0.128. The predicted octanol–water partition coefficient (Wildman–Crippen LogP) is 4.27. The van der Waals surface area contributed by atoms with E-state index >= 15 is 0 Å². The van der Waals surface area contributed by atoms with E-state index in [1.807, 2.05) is 12.1 Å². The first-order chi connectivity index (χ1) is 12.1. The number of hydrogen-bond donors (Lipinski definition) is 0. The van der Waals surface area contributed by atoms with Crippen LogP contribution in [-0.4, -0.2) is 10.8 Å². The quantitative estimate of drug-likeness (QED) is 0.715. The maximum atomic E-state index is 13.2. The number of nitriles is 1. The number of carbonyl (C=O) groups excluding carboxylic acids is 1. The van der Waals surface area contributed by atoms with Gasteiger partial charge in [0.25, 0.3) is 0 Å². The Morgan fingerprint density at radius 2 is 1.92 bits per heavy atom. The number of benzene rings is 2. The van der Waals surface area contributed by atoms with Gasteiger partial charge in [-0.3, -0.25) is 4.79 Å². The number of fused-ring (bicyclic) bond motifs is 1. The third kappa shape index (κ3) is 2.42. The maximum Gasteiger partial charge on any atom is 0.220 e. The zero-order valence-corrected chi connectivity index (χ0v) is 13.4. The molecular formula is C20H15FN2O2. The fourth-order valence-corrected chi connectivity index (χ4v) is 3.49. The number of rotatable bonds is 4. The van der Waals surface area contributed by atoms with Crippen molar-refractivity contribution in [2.24, 2.45) is 0 Å². The third-order valence-electron chi connectivity index (χ3n) is 5.02. The predicted molar refractivity (Wildman–Crippen MR) is 89.3 cm³/mol. The van der Waals surface area contributed by atoms with Gasteiger partial charge in [0.1, 0.15) is 11.3 Å². The second-order valence-corrected chi connectivity index (χ2v) is 6.39. The van der Waals surface area contributed by atoms with Crippen molar-refractivity contribution in [3.05, 3.63) is 65.8 Å². The zero-order valence-electron chi connectivity index (χ0n) is 13.4. The van der Waals surface area contributed by atoms with Crippen LogP contribution in [-0.2, 0) is 10.2 Å². The average molecular weight is 334 g/mol. The molecule has 0 N–H and O–H groups in total. The van der Waals surface area contributed by atoms with E-state index in [2.05, 4.69) is 11.1 Å². The highest BCUT2D eigenvalue weighted by Gasteiger charge is 2.49. The zero-order chi connectivity index (χ0) is 17.4. The van der Waals surface area contributed by atoms with E-state index in [0.29, 0.717) is 23.9 Å². The van der Waals surface area contributed by atoms with E-state index in [0.717, 1.165) is 12.0 Å². The molecule has 1 atom stereocenters. The first-order valence-electron chi connectivity index (χ1n) is 8.19. The number of carbonyl (C=O) groups is 1. The van der Waals surface area contributed by atoms with Crippen LogP contribution in [0.2, 0.25) is 0 Å². The highest BCUT2D eigenvalue weighted by atomic mass is 19.1. The second kappa shape index (κ2) is 5.82. The molecule has 1 fully saturated rings. The van der Waals surface area contributed by atoms with Crippen molar-refractivity contribution < 1.29 is 13.6 Å². The number of ketones is 1. The molecule has 3 aromatic rings. The Morgan fingerprint density at radius 3 is 2.52 bits per heavy atom. The minimum Gasteiger partial charge on any atom is -0.439 e. The molecule has 4 nitrogen and oxygen atoms in total. The molecule has 1 aliphatic rings. The van der Waals surface area contributed by atoms with Gasteiger partial charge in [-0.05, 0) is 42.7 Å². The number of aromatic nitrogens is 1. The van der Waals surface area contributed by atoms with Crippen LogP contribution < -0.4 is 0 Å². The molecule has 1 unspecified atom stereocenters. The molecule has 124 valence electrons. The summed E-state index contributed by atoms with van der Waals surface area (Å²) in [6.07, 6.45) is 2.20. The normalized spacial score (nSPS) is 16.8. The van der Waals surface area contributed by atoms with Crippen molar-refractivity contribution in [1.82, 2.24) is 4.98 Å². The van der Waals surface area contributed by atoms with Crippen molar-refractivity contribution in [1.29, 1.82) is 5.26 Å². The summed E-state index contributed by atoms with van der Waals surface area (Å²) >= 11 is 0. The van der Waals surface area contributed by atoms with Crippen LogP contribution in [0, 0.1) is 17.1 Å². The Kier molecular flexibility index (Phi) is 3.61. The van der Waals surface area contributed by atoms with Crippen LogP contribution in [0.15, 0.2) is 52.9 Å². The van der Waals surface area contributed by atoms with E-state index in [1.165, 1.54) is 12.1 Å². The summed E-state index contributed by atoms with van der Waals surface area (Å²) in [5.41, 5.74) is 1.17. The molecule has 0 bridgehead atoms. The van der Waals surface area contributed by atoms with E-state index in [9.17, 15) is 14.4 Å². The van der Waals surface area contributed by atoms with Crippen molar-refractivity contribution in [2.45, 2.75) is 30.6 Å². The minimum absolute atomic E-state index is 0.127. The molecule has 1 heterocycles. The number of Topliss-reactive ketones (excluding diaryl/α,β-unsaturated/α-hetero) is 1. The molecule has 0 amide bonds. The van der Waals surface area contributed by atoms with Crippen LogP contribution in [0.1, 0.15) is 36.6 Å². The standard InChI is InChI=1S/C20H15FN2O2/c21-14-8-6-13(7-9-14)20(10-3-11-20)18(24)15(12-22)19-23-16-4-1-2-5-17(16)25-19/h1-2,4-9,15H,3,10-11H2. The van der Waals surface area contributed by atoms with Gasteiger partial charge in [0.05, 0.1) is 11.5 Å². The Balaban J connectivity index is 1.74. The van der Waals surface area contributed by atoms with Crippen molar-refractivity contribution in [3.63, 3.8) is 0 Å². The van der Waals surface area contributed by atoms with Gasteiger partial charge in [-0.1, -0.05) is 30.7 Å². The van der Waals surface area contributed by atoms with Gasteiger partial charge in [-0.15, -0.1) is 0 Å². The molecule has 1 aromatic heterocycles. The van der Waals surface area contributed by atoms with Crippen LogP contribution in [0.25, 0.3) is 11.1 Å². The van der Waals surface area contributed by atoms with Gasteiger partial charge in [-0.2, -0.15) is 5.26 Å². The monoisotopic (exact) mass is 334 g/mol. The molecule has 25 heavy (non-hydrogen) atoms. The van der Waals surface area contributed by atoms with Gasteiger partial charge < -0.3 is 4.42 Å². The summed E-state index contributed by atoms with van der Waals surface area (Å²) < 4.78 is 18.9. The SMILES string of the molecule is N#CC(C(=O)C1(c2ccc(F)cc2)CCC1)c1nc2ccccc2o1. The molecular weight excluding hydrogens is 319 g/mol. The number of oxazole rings is 1. The first kappa shape index (κ1) is 15.5. The average Bonchev–Trinajstić information content (AvgIpc) is 3.00. The Bertz CT molecular complexity index is 948. The number of para-hydroxylation sites is 2. The van der Waals surface area contributed by atoms with Crippen LogP contribution in [0.5, 0.6) is 0 Å². The molecule has 0 radical (unpaired) electrons. The van der Waals surface area contributed by atoms with Gasteiger partial charge in [-0.25, -0.2) is 9.37 Å². The summed E-state index contributed by atoms with van der Waals surface area (Å²) in [4.78, 5) is 17.5. The number of nitrogens with zero attached hydrogens (tertiary/aromatic N) is 2. The van der Waals surface area contributed by atoms with Gasteiger partial charge in [0.2, 0.25) is 5.89 Å². The summed E-state index contributed by atoms with van der Waals surface area (Å²) in [6, 6.07) is 15.2. The molecule has 0 spiro atoms. The van der Waals surface area contributed by atoms with Crippen LogP contribution in [0.3, 0.4) is 0 Å². The summed E-state index contributed by atoms with van der Waals surface area (Å²) in [5.74, 6) is -1.51. The Hall–Kier alpha value is -3.00. The lowest BCUT2D eigenvalue weighted by Gasteiger charge is -2.41. The van der Waals surface area contributed by atoms with Crippen LogP contribution in [0.4, 0.5) is 4.39 Å². The third-order valence-corrected chi connectivity index (χ3v) is 5.02. The fraction of sp³-hybridized carbons (Fsp3) is 0.250. The van der Waals surface area contributed by atoms with Crippen LogP contribution >= 0.6 is 0 Å². The van der Waals surface area contributed by atoms with E-state index in [-0.39, 0.29) is 17.5 Å². The molecule has 5 heteroatoms. The molecule has 0 aliphatic heterocycles. The van der Waals surface area contributed by atoms with Crippen molar-refractivity contribution in [3.8, 4) is 6.07 Å². The molecule has 1 saturated carbocycles. The van der Waals surface area contributed by atoms with E-state index in [4.69, 9.17) is 4.42 Å². The minimum atomic E-state index is -1.07. The highest BCUT2D eigenvalue weighted by Crippen LogP contribution is 2.47. The maximum absolute atomic E-state index is 13.2. The lowest BCUT2D eigenvalue weighted by atomic mass is 9.60. The van der Waals surface area contributed by atoms with Crippen molar-refractivity contribution >= 4 is 16.9 Å². The second-order valence-electron chi connectivity index (χ2n) is 6.39. The fourth-order valence-electron chi connectivity index (χ4n) is 3.49. The summed E-state index contributed by atoms with van der Waals surface area (Å²) in [5, 5.41) is 9.62. The van der Waals surface area contributed by atoms with Gasteiger partial charge >= 0.3 is 0 Å². The lowest BCUT2D eigenvalue weighted by Crippen LogP contribution is -2.45. The smallest absolute Gasteiger partial charge is 0.220 e. The molecule has 1 aliphatic carbocycles. The summed E-state index contributed by atoms with van der Waals surface area (Å²) in [7, 11) is 0. The molecule has 4 rings (SSSR count). The Morgan fingerprint density at radius 1 is 1.20 bits per heavy atom. The largest absolute Gasteiger partial charge is 0.439 e.